The van der Waals surface area contributed by atoms with Crippen molar-refractivity contribution in [2.75, 3.05) is 0 Å². The molecular weight excluding hydrogens is 164 g/mol. The summed E-state index contributed by atoms with van der Waals surface area (Å²) in [6.07, 6.45) is 10.3. The first-order chi connectivity index (χ1) is 6.29. The number of carbonyl (C=O) groups is 1. The Bertz CT molecular complexity index is 361. The van der Waals surface area contributed by atoms with Crippen molar-refractivity contribution in [3.63, 3.8) is 0 Å². The number of hydrogen-bond acceptors (Lipinski definition) is 3. The summed E-state index contributed by atoms with van der Waals surface area (Å²) in [5.41, 5.74) is 1.61. The Morgan fingerprint density at radius 1 is 1.62 bits per heavy atom. The molecule has 0 unspecified atom stereocenters. The van der Waals surface area contributed by atoms with Gasteiger partial charge in [-0.05, 0) is 12.2 Å². The van der Waals surface area contributed by atoms with E-state index in [0.29, 0.717) is 5.70 Å². The largest absolute Gasteiger partial charge is 0.293 e. The van der Waals surface area contributed by atoms with Gasteiger partial charge in [0.1, 0.15) is 5.70 Å². The molecule has 3 heteroatoms. The average molecular weight is 174 g/mol. The molecule has 0 aliphatic carbocycles. The Hall–Kier alpha value is -1.64. The summed E-state index contributed by atoms with van der Waals surface area (Å²) < 4.78 is 0. The maximum Gasteiger partial charge on any atom is 0.178 e. The van der Waals surface area contributed by atoms with Crippen LogP contribution in [0.3, 0.4) is 0 Å². The molecule has 0 bridgehead atoms. The van der Waals surface area contributed by atoms with Crippen LogP contribution in [0.4, 0.5) is 0 Å². The fourth-order valence-corrected chi connectivity index (χ4v) is 1.37. The van der Waals surface area contributed by atoms with Gasteiger partial charge in [-0.15, -0.1) is 0 Å². The third-order valence-corrected chi connectivity index (χ3v) is 1.98. The molecule has 0 amide bonds. The van der Waals surface area contributed by atoms with Gasteiger partial charge in [0.15, 0.2) is 5.78 Å². The maximum absolute atomic E-state index is 11.2. The van der Waals surface area contributed by atoms with E-state index >= 15 is 0 Å². The van der Waals surface area contributed by atoms with Crippen LogP contribution in [0.1, 0.15) is 13.3 Å². The molecule has 2 aliphatic heterocycles. The zero-order chi connectivity index (χ0) is 9.26. The third kappa shape index (κ3) is 1.33. The highest BCUT2D eigenvalue weighted by Gasteiger charge is 2.18. The smallest absolute Gasteiger partial charge is 0.178 e. The molecule has 0 aromatic carbocycles. The molecule has 0 saturated carbocycles. The van der Waals surface area contributed by atoms with Crippen LogP contribution in [0.2, 0.25) is 0 Å². The van der Waals surface area contributed by atoms with E-state index in [-0.39, 0.29) is 5.78 Å². The van der Waals surface area contributed by atoms with Crippen molar-refractivity contribution in [3.8, 4) is 0 Å². The Morgan fingerprint density at radius 2 is 2.46 bits per heavy atom. The van der Waals surface area contributed by atoms with Crippen LogP contribution in [0.15, 0.2) is 40.8 Å². The van der Waals surface area contributed by atoms with Crippen molar-refractivity contribution < 1.29 is 4.79 Å². The molecule has 0 spiro atoms. The standard InChI is InChI=1S/C10H10N2O/c1-8(13)10-6-2-4-9-5-3-7-11-12(9)10/h2,4-7H,3H2,1H3. The first-order valence-corrected chi connectivity index (χ1v) is 4.21. The molecule has 2 rings (SSSR count). The van der Waals surface area contributed by atoms with Gasteiger partial charge >= 0.3 is 0 Å². The summed E-state index contributed by atoms with van der Waals surface area (Å²) in [6, 6.07) is 0. The average Bonchev–Trinajstić information content (AvgIpc) is 2.17. The van der Waals surface area contributed by atoms with Crippen LogP contribution < -0.4 is 0 Å². The van der Waals surface area contributed by atoms with E-state index in [2.05, 4.69) is 5.10 Å². The van der Waals surface area contributed by atoms with Crippen molar-refractivity contribution >= 4 is 12.0 Å². The quantitative estimate of drug-likeness (QED) is 0.605. The first-order valence-electron chi connectivity index (χ1n) is 4.21. The van der Waals surface area contributed by atoms with E-state index in [0.717, 1.165) is 12.1 Å². The fourth-order valence-electron chi connectivity index (χ4n) is 1.37. The highest BCUT2D eigenvalue weighted by atomic mass is 16.1. The van der Waals surface area contributed by atoms with E-state index in [1.165, 1.54) is 0 Å². The summed E-state index contributed by atoms with van der Waals surface area (Å²) in [6.45, 7) is 1.55. The van der Waals surface area contributed by atoms with Crippen LogP contribution >= 0.6 is 0 Å². The molecular formula is C10H10N2O. The highest BCUT2D eigenvalue weighted by molar-refractivity contribution is 5.94. The maximum atomic E-state index is 11.2. The van der Waals surface area contributed by atoms with E-state index in [4.69, 9.17) is 0 Å². The number of carbonyl (C=O) groups excluding carboxylic acids is 1. The summed E-state index contributed by atoms with van der Waals surface area (Å²) >= 11 is 0. The summed E-state index contributed by atoms with van der Waals surface area (Å²) in [7, 11) is 0. The predicted octanol–water partition coefficient (Wildman–Crippen LogP) is 1.60. The molecule has 0 fully saturated rings. The van der Waals surface area contributed by atoms with Gasteiger partial charge in [-0.2, -0.15) is 5.10 Å². The summed E-state index contributed by atoms with van der Waals surface area (Å²) in [5.74, 6) is 0.0364. The van der Waals surface area contributed by atoms with Crippen molar-refractivity contribution in [3.05, 3.63) is 35.7 Å². The second kappa shape index (κ2) is 3.01. The van der Waals surface area contributed by atoms with Crippen LogP contribution in [0.5, 0.6) is 0 Å². The first kappa shape index (κ1) is 7.98. The number of nitrogens with zero attached hydrogens (tertiary/aromatic N) is 2. The minimum Gasteiger partial charge on any atom is -0.293 e. The molecule has 66 valence electrons. The molecule has 0 saturated heterocycles. The minimum atomic E-state index is 0.0364. The number of Topliss-reactive ketones (excluding diaryl/α,β-unsaturated/α-hetero) is 1. The minimum absolute atomic E-state index is 0.0364. The van der Waals surface area contributed by atoms with Crippen molar-refractivity contribution in [1.82, 2.24) is 5.01 Å². The number of allylic oxidation sites excluding steroid dienone is 5. The van der Waals surface area contributed by atoms with Gasteiger partial charge in [-0.25, -0.2) is 5.01 Å². The van der Waals surface area contributed by atoms with E-state index in [9.17, 15) is 4.79 Å². The summed E-state index contributed by atoms with van der Waals surface area (Å²) in [5, 5.41) is 5.83. The van der Waals surface area contributed by atoms with Gasteiger partial charge in [-0.3, -0.25) is 4.79 Å². The number of ketones is 1. The Kier molecular flexibility index (Phi) is 1.85. The zero-order valence-electron chi connectivity index (χ0n) is 7.40. The number of fused-ring (bicyclic) bond motifs is 1. The molecule has 2 heterocycles. The molecule has 2 aliphatic rings. The molecule has 3 nitrogen and oxygen atoms in total. The third-order valence-electron chi connectivity index (χ3n) is 1.98. The lowest BCUT2D eigenvalue weighted by molar-refractivity contribution is -0.114. The van der Waals surface area contributed by atoms with E-state index in [1.54, 1.807) is 24.2 Å². The van der Waals surface area contributed by atoms with Crippen LogP contribution in [0, 0.1) is 0 Å². The van der Waals surface area contributed by atoms with Gasteiger partial charge in [0.25, 0.3) is 0 Å². The normalized spacial score (nSPS) is 19.3. The van der Waals surface area contributed by atoms with Gasteiger partial charge in [0.05, 0.1) is 5.70 Å². The number of hydrogen-bond donors (Lipinski definition) is 0. The second-order valence-corrected chi connectivity index (χ2v) is 2.94. The molecule has 0 aromatic rings. The topological polar surface area (TPSA) is 32.7 Å². The second-order valence-electron chi connectivity index (χ2n) is 2.94. The molecule has 13 heavy (non-hydrogen) atoms. The van der Waals surface area contributed by atoms with Crippen LogP contribution in [-0.2, 0) is 4.79 Å². The molecule has 0 N–H and O–H groups in total. The van der Waals surface area contributed by atoms with Crippen LogP contribution in [0.25, 0.3) is 0 Å². The van der Waals surface area contributed by atoms with E-state index < -0.39 is 0 Å². The Morgan fingerprint density at radius 3 is 3.23 bits per heavy atom. The monoisotopic (exact) mass is 174 g/mol. The lowest BCUT2D eigenvalue weighted by Crippen LogP contribution is -2.23. The Labute approximate surface area is 76.7 Å². The molecule has 0 atom stereocenters. The lowest BCUT2D eigenvalue weighted by atomic mass is 10.1. The van der Waals surface area contributed by atoms with Crippen molar-refractivity contribution in [2.45, 2.75) is 13.3 Å². The highest BCUT2D eigenvalue weighted by Crippen LogP contribution is 2.22. The molecule has 0 radical (unpaired) electrons. The van der Waals surface area contributed by atoms with Crippen molar-refractivity contribution in [2.24, 2.45) is 5.10 Å². The zero-order valence-corrected chi connectivity index (χ0v) is 7.40. The number of rotatable bonds is 1. The number of hydrazone groups is 1. The SMILES string of the molecule is CC(=O)C1=CC=CC2=CCC=NN21. The lowest BCUT2D eigenvalue weighted by Gasteiger charge is -2.25. The van der Waals surface area contributed by atoms with Crippen LogP contribution in [-0.4, -0.2) is 17.0 Å². The Balaban J connectivity index is 2.39. The van der Waals surface area contributed by atoms with Gasteiger partial charge < -0.3 is 0 Å². The predicted molar refractivity (Wildman–Crippen MR) is 50.9 cm³/mol. The van der Waals surface area contributed by atoms with Crippen molar-refractivity contribution in [1.29, 1.82) is 0 Å². The fraction of sp³-hybridized carbons (Fsp3) is 0.200. The van der Waals surface area contributed by atoms with Gasteiger partial charge in [-0.1, -0.05) is 12.2 Å². The van der Waals surface area contributed by atoms with E-state index in [1.807, 2.05) is 18.2 Å². The molecule has 0 aromatic heterocycles. The van der Waals surface area contributed by atoms with Gasteiger partial charge in [0, 0.05) is 19.6 Å². The summed E-state index contributed by atoms with van der Waals surface area (Å²) in [4.78, 5) is 11.2. The van der Waals surface area contributed by atoms with Gasteiger partial charge in [0.2, 0.25) is 0 Å².